The molecule has 0 bridgehead atoms. The Bertz CT molecular complexity index is 755. The van der Waals surface area contributed by atoms with E-state index in [0.29, 0.717) is 0 Å². The van der Waals surface area contributed by atoms with Crippen LogP contribution in [0.2, 0.25) is 0 Å². The third-order valence-electron chi connectivity index (χ3n) is 4.11. The summed E-state index contributed by atoms with van der Waals surface area (Å²) in [5, 5.41) is 11.4. The van der Waals surface area contributed by atoms with Crippen LogP contribution in [0.5, 0.6) is 0 Å². The standard InChI is InChI=1S/C15H19F2N5O2/c1-4-24-15(23)9-6-18-22-12(13(16)17)5-11(19-14(9)22)10-7-21(3)20-8(10)2/h6-7,11-13,19H,4-5H2,1-3H3/t11-,12+/m0/s1. The highest BCUT2D eigenvalue weighted by Gasteiger charge is 2.37. The van der Waals surface area contributed by atoms with Crippen molar-refractivity contribution >= 4 is 11.8 Å². The largest absolute Gasteiger partial charge is 0.462 e. The first-order valence-corrected chi connectivity index (χ1v) is 7.71. The molecule has 2 atom stereocenters. The van der Waals surface area contributed by atoms with Crippen LogP contribution in [0.3, 0.4) is 0 Å². The molecule has 0 unspecified atom stereocenters. The number of nitrogens with one attached hydrogen (secondary N) is 1. The molecule has 3 heterocycles. The maximum Gasteiger partial charge on any atom is 0.343 e. The van der Waals surface area contributed by atoms with E-state index in [1.54, 1.807) is 24.9 Å². The number of aromatic nitrogens is 4. The number of carbonyl (C=O) groups is 1. The summed E-state index contributed by atoms with van der Waals surface area (Å²) in [7, 11) is 1.78. The second kappa shape index (κ2) is 6.21. The topological polar surface area (TPSA) is 74.0 Å². The van der Waals surface area contributed by atoms with Crippen molar-refractivity contribution in [2.24, 2.45) is 7.05 Å². The van der Waals surface area contributed by atoms with E-state index in [-0.39, 0.29) is 30.5 Å². The first kappa shape index (κ1) is 16.4. The number of nitrogens with zero attached hydrogens (tertiary/aromatic N) is 4. The van der Waals surface area contributed by atoms with E-state index in [2.05, 4.69) is 15.5 Å². The lowest BCUT2D eigenvalue weighted by molar-refractivity contribution is 0.0521. The molecule has 0 saturated heterocycles. The van der Waals surface area contributed by atoms with Crippen molar-refractivity contribution in [3.63, 3.8) is 0 Å². The Balaban J connectivity index is 2.01. The molecular formula is C15H19F2N5O2. The van der Waals surface area contributed by atoms with Crippen molar-refractivity contribution in [1.29, 1.82) is 0 Å². The lowest BCUT2D eigenvalue weighted by Crippen LogP contribution is -2.31. The van der Waals surface area contributed by atoms with Crippen molar-refractivity contribution in [1.82, 2.24) is 19.6 Å². The summed E-state index contributed by atoms with van der Waals surface area (Å²) in [5.41, 5.74) is 1.74. The maximum atomic E-state index is 13.5. The van der Waals surface area contributed by atoms with Gasteiger partial charge in [-0.3, -0.25) is 4.68 Å². The minimum Gasteiger partial charge on any atom is -0.462 e. The number of hydrogen-bond acceptors (Lipinski definition) is 5. The fourth-order valence-electron chi connectivity index (χ4n) is 3.06. The average Bonchev–Trinajstić information content (AvgIpc) is 3.09. The Labute approximate surface area is 137 Å². The summed E-state index contributed by atoms with van der Waals surface area (Å²) in [4.78, 5) is 12.0. The van der Waals surface area contributed by atoms with E-state index < -0.39 is 18.4 Å². The van der Waals surface area contributed by atoms with Gasteiger partial charge in [-0.2, -0.15) is 10.2 Å². The van der Waals surface area contributed by atoms with Crippen LogP contribution in [0.15, 0.2) is 12.4 Å². The van der Waals surface area contributed by atoms with E-state index in [4.69, 9.17) is 4.74 Å². The Kier molecular flexibility index (Phi) is 4.25. The van der Waals surface area contributed by atoms with Gasteiger partial charge in [-0.15, -0.1) is 0 Å². The van der Waals surface area contributed by atoms with Gasteiger partial charge in [-0.1, -0.05) is 0 Å². The van der Waals surface area contributed by atoms with Crippen LogP contribution in [0.25, 0.3) is 0 Å². The van der Waals surface area contributed by atoms with Crippen molar-refractivity contribution in [3.05, 3.63) is 29.2 Å². The minimum atomic E-state index is -2.60. The average molecular weight is 339 g/mol. The molecule has 7 nitrogen and oxygen atoms in total. The van der Waals surface area contributed by atoms with Gasteiger partial charge in [-0.05, 0) is 20.3 Å². The van der Waals surface area contributed by atoms with Gasteiger partial charge in [0.05, 0.1) is 24.5 Å². The smallest absolute Gasteiger partial charge is 0.343 e. The van der Waals surface area contributed by atoms with Crippen LogP contribution in [0, 0.1) is 6.92 Å². The molecule has 1 aliphatic heterocycles. The number of ether oxygens (including phenoxy) is 1. The number of aryl methyl sites for hydroxylation is 2. The quantitative estimate of drug-likeness (QED) is 0.866. The van der Waals surface area contributed by atoms with Gasteiger partial charge >= 0.3 is 5.97 Å². The van der Waals surface area contributed by atoms with Crippen LogP contribution in [0.1, 0.15) is 47.0 Å². The molecule has 2 aromatic rings. The highest BCUT2D eigenvalue weighted by Crippen LogP contribution is 2.40. The van der Waals surface area contributed by atoms with E-state index in [0.717, 1.165) is 11.3 Å². The highest BCUT2D eigenvalue weighted by atomic mass is 19.3. The number of halogens is 2. The second-order valence-electron chi connectivity index (χ2n) is 5.75. The van der Waals surface area contributed by atoms with E-state index in [1.165, 1.54) is 10.9 Å². The molecule has 24 heavy (non-hydrogen) atoms. The molecule has 9 heteroatoms. The first-order valence-electron chi connectivity index (χ1n) is 7.71. The number of hydrogen-bond donors (Lipinski definition) is 1. The van der Waals surface area contributed by atoms with E-state index in [9.17, 15) is 13.6 Å². The molecule has 0 saturated carbocycles. The zero-order chi connectivity index (χ0) is 17.4. The molecule has 0 spiro atoms. The predicted molar refractivity (Wildman–Crippen MR) is 82.2 cm³/mol. The number of carbonyl (C=O) groups excluding carboxylic acids is 1. The molecule has 0 aromatic carbocycles. The zero-order valence-corrected chi connectivity index (χ0v) is 13.7. The predicted octanol–water partition coefficient (Wildman–Crippen LogP) is 2.46. The second-order valence-corrected chi connectivity index (χ2v) is 5.75. The summed E-state index contributed by atoms with van der Waals surface area (Å²) in [5.74, 6) is -0.318. The maximum absolute atomic E-state index is 13.5. The summed E-state index contributed by atoms with van der Waals surface area (Å²) in [6.45, 7) is 3.71. The molecule has 1 aliphatic rings. The SMILES string of the molecule is CCOC(=O)c1cnn2c1N[C@H](c1cn(C)nc1C)C[C@@H]2C(F)F. The number of fused-ring (bicyclic) bond motifs is 1. The molecule has 0 radical (unpaired) electrons. The first-order chi connectivity index (χ1) is 11.4. The highest BCUT2D eigenvalue weighted by molar-refractivity contribution is 5.94. The van der Waals surface area contributed by atoms with Crippen LogP contribution in [0.4, 0.5) is 14.6 Å². The van der Waals surface area contributed by atoms with Crippen molar-refractivity contribution in [2.45, 2.75) is 38.8 Å². The molecule has 0 fully saturated rings. The van der Waals surface area contributed by atoms with Crippen LogP contribution in [-0.4, -0.2) is 38.6 Å². The van der Waals surface area contributed by atoms with Crippen molar-refractivity contribution in [3.8, 4) is 0 Å². The Hall–Kier alpha value is -2.45. The molecule has 130 valence electrons. The van der Waals surface area contributed by atoms with Gasteiger partial charge in [0.25, 0.3) is 6.43 Å². The Morgan fingerprint density at radius 3 is 2.88 bits per heavy atom. The molecule has 1 N–H and O–H groups in total. The number of esters is 1. The zero-order valence-electron chi connectivity index (χ0n) is 13.7. The van der Waals surface area contributed by atoms with Crippen molar-refractivity contribution in [2.75, 3.05) is 11.9 Å². The Morgan fingerprint density at radius 1 is 1.54 bits per heavy atom. The van der Waals surface area contributed by atoms with Gasteiger partial charge < -0.3 is 10.1 Å². The van der Waals surface area contributed by atoms with E-state index >= 15 is 0 Å². The van der Waals surface area contributed by atoms with Crippen LogP contribution >= 0.6 is 0 Å². The Morgan fingerprint density at radius 2 is 2.29 bits per heavy atom. The summed E-state index contributed by atoms with van der Waals surface area (Å²) in [6, 6.07) is -1.50. The normalized spacial score (nSPS) is 19.9. The number of alkyl halides is 2. The summed E-state index contributed by atoms with van der Waals surface area (Å²) < 4.78 is 34.9. The number of anilines is 1. The van der Waals surface area contributed by atoms with Gasteiger partial charge in [0, 0.05) is 18.8 Å². The lowest BCUT2D eigenvalue weighted by atomic mass is 9.97. The third-order valence-corrected chi connectivity index (χ3v) is 4.11. The van der Waals surface area contributed by atoms with Crippen LogP contribution in [-0.2, 0) is 11.8 Å². The van der Waals surface area contributed by atoms with Gasteiger partial charge in [0.15, 0.2) is 0 Å². The minimum absolute atomic E-state index is 0.154. The fraction of sp³-hybridized carbons (Fsp3) is 0.533. The monoisotopic (exact) mass is 339 g/mol. The molecule has 0 aliphatic carbocycles. The van der Waals surface area contributed by atoms with E-state index in [1.807, 2.05) is 6.92 Å². The van der Waals surface area contributed by atoms with Gasteiger partial charge in [0.1, 0.15) is 17.4 Å². The molecule has 2 aromatic heterocycles. The lowest BCUT2D eigenvalue weighted by Gasteiger charge is -2.32. The summed E-state index contributed by atoms with van der Waals surface area (Å²) in [6.07, 6.45) is 0.626. The molecule has 3 rings (SSSR count). The molecule has 0 amide bonds. The third kappa shape index (κ3) is 2.74. The van der Waals surface area contributed by atoms with Gasteiger partial charge in [-0.25, -0.2) is 18.3 Å². The van der Waals surface area contributed by atoms with Gasteiger partial charge in [0.2, 0.25) is 0 Å². The summed E-state index contributed by atoms with van der Waals surface area (Å²) >= 11 is 0. The van der Waals surface area contributed by atoms with Crippen LogP contribution < -0.4 is 5.32 Å². The fourth-order valence-corrected chi connectivity index (χ4v) is 3.06. The molecular weight excluding hydrogens is 320 g/mol. The number of rotatable bonds is 4. The van der Waals surface area contributed by atoms with Crippen molar-refractivity contribution < 1.29 is 18.3 Å².